The highest BCUT2D eigenvalue weighted by Gasteiger charge is 2.27. The van der Waals surface area contributed by atoms with Crippen molar-refractivity contribution in [2.45, 2.75) is 83.4 Å². The van der Waals surface area contributed by atoms with Gasteiger partial charge in [-0.1, -0.05) is 12.5 Å². The fourth-order valence-electron chi connectivity index (χ4n) is 5.26. The molecule has 1 saturated carbocycles. The van der Waals surface area contributed by atoms with Crippen LogP contribution in [0.2, 0.25) is 0 Å². The van der Waals surface area contributed by atoms with Gasteiger partial charge in [-0.05, 0) is 95.5 Å². The molecule has 0 aromatic carbocycles. The van der Waals surface area contributed by atoms with Crippen molar-refractivity contribution in [1.29, 1.82) is 0 Å². The first-order valence-corrected chi connectivity index (χ1v) is 13.5. The third-order valence-corrected chi connectivity index (χ3v) is 8.17. The minimum absolute atomic E-state index is 0.407. The number of thiophene rings is 1. The molecule has 3 aromatic heterocycles. The molecular weight excluding hydrogens is 444 g/mol. The summed E-state index contributed by atoms with van der Waals surface area (Å²) >= 11 is 1.64. The molecule has 1 aliphatic heterocycles. The summed E-state index contributed by atoms with van der Waals surface area (Å²) in [5.74, 6) is 2.10. The Hall–Kier alpha value is -2.29. The summed E-state index contributed by atoms with van der Waals surface area (Å²) in [4.78, 5) is 18.0. The highest BCUT2D eigenvalue weighted by molar-refractivity contribution is 7.17. The number of hydrogen-bond donors (Lipinski definition) is 3. The Morgan fingerprint density at radius 3 is 2.53 bits per heavy atom. The van der Waals surface area contributed by atoms with E-state index in [4.69, 9.17) is 9.97 Å². The van der Waals surface area contributed by atoms with E-state index in [0.29, 0.717) is 23.5 Å². The van der Waals surface area contributed by atoms with Crippen molar-refractivity contribution < 1.29 is 5.11 Å². The van der Waals surface area contributed by atoms with Crippen LogP contribution in [0.3, 0.4) is 0 Å². The molecule has 3 N–H and O–H groups in total. The van der Waals surface area contributed by atoms with E-state index in [1.54, 1.807) is 25.2 Å². The molecule has 0 radical (unpaired) electrons. The molecule has 5 rings (SSSR count). The van der Waals surface area contributed by atoms with E-state index >= 15 is 0 Å². The number of anilines is 3. The van der Waals surface area contributed by atoms with Crippen molar-refractivity contribution >= 4 is 39.1 Å². The van der Waals surface area contributed by atoms with Gasteiger partial charge in [-0.15, -0.1) is 11.3 Å². The molecule has 0 amide bonds. The Bertz CT molecular complexity index is 1130. The number of nitrogens with one attached hydrogen (secondary N) is 2. The Kier molecular flexibility index (Phi) is 6.73. The average Bonchev–Trinajstić information content (AvgIpc) is 3.20. The number of piperidine rings is 1. The SMILES string of the molecule is Cc1csc2nc(NC3CCC(N4CCCCC4)CC3)nc(Nc3cccc(C(C)(C)O)n3)c12. The molecule has 0 bridgehead atoms. The van der Waals surface area contributed by atoms with Crippen LogP contribution >= 0.6 is 11.3 Å². The quantitative estimate of drug-likeness (QED) is 0.425. The van der Waals surface area contributed by atoms with Gasteiger partial charge in [0, 0.05) is 12.1 Å². The van der Waals surface area contributed by atoms with Crippen molar-refractivity contribution in [2.24, 2.45) is 0 Å². The fraction of sp³-hybridized carbons (Fsp3) is 0.577. The highest BCUT2D eigenvalue weighted by Crippen LogP contribution is 2.33. The van der Waals surface area contributed by atoms with Gasteiger partial charge in [0.2, 0.25) is 5.95 Å². The van der Waals surface area contributed by atoms with Gasteiger partial charge in [-0.3, -0.25) is 0 Å². The van der Waals surface area contributed by atoms with Gasteiger partial charge in [0.25, 0.3) is 0 Å². The average molecular weight is 481 g/mol. The molecule has 1 saturated heterocycles. The Balaban J connectivity index is 1.33. The molecule has 0 atom stereocenters. The summed E-state index contributed by atoms with van der Waals surface area (Å²) in [5, 5.41) is 20.5. The standard InChI is InChI=1S/C26H36N6OS/c1-17-16-34-24-22(17)23(29-21-9-7-8-20(28-21)26(2,3)33)30-25(31-24)27-18-10-12-19(13-11-18)32-14-5-4-6-15-32/h7-9,16,18-19,33H,4-6,10-15H2,1-3H3,(H2,27,28,29,30,31). The molecule has 182 valence electrons. The molecule has 3 aromatic rings. The first-order valence-electron chi connectivity index (χ1n) is 12.6. The second-order valence-electron chi connectivity index (χ2n) is 10.3. The first kappa shape index (κ1) is 23.5. The summed E-state index contributed by atoms with van der Waals surface area (Å²) in [6, 6.07) is 6.79. The molecule has 8 heteroatoms. The zero-order valence-electron chi connectivity index (χ0n) is 20.5. The van der Waals surface area contributed by atoms with Gasteiger partial charge in [-0.25, -0.2) is 9.97 Å². The second kappa shape index (κ2) is 9.76. The molecule has 0 spiro atoms. The monoisotopic (exact) mass is 480 g/mol. The van der Waals surface area contributed by atoms with Gasteiger partial charge in [0.15, 0.2) is 0 Å². The Morgan fingerprint density at radius 1 is 1.03 bits per heavy atom. The number of rotatable bonds is 6. The van der Waals surface area contributed by atoms with Gasteiger partial charge < -0.3 is 20.6 Å². The van der Waals surface area contributed by atoms with E-state index in [1.807, 2.05) is 18.2 Å². The number of aryl methyl sites for hydroxylation is 1. The van der Waals surface area contributed by atoms with E-state index in [-0.39, 0.29) is 0 Å². The second-order valence-corrected chi connectivity index (χ2v) is 11.2. The lowest BCUT2D eigenvalue weighted by molar-refractivity contribution is 0.0740. The lowest BCUT2D eigenvalue weighted by atomic mass is 9.89. The molecule has 4 heterocycles. The van der Waals surface area contributed by atoms with Crippen molar-refractivity contribution in [3.63, 3.8) is 0 Å². The molecular formula is C26H36N6OS. The van der Waals surface area contributed by atoms with Crippen LogP contribution in [0.25, 0.3) is 10.2 Å². The summed E-state index contributed by atoms with van der Waals surface area (Å²) < 4.78 is 0. The van der Waals surface area contributed by atoms with E-state index in [2.05, 4.69) is 32.8 Å². The van der Waals surface area contributed by atoms with E-state index in [0.717, 1.165) is 40.5 Å². The van der Waals surface area contributed by atoms with Gasteiger partial charge in [0.1, 0.15) is 22.1 Å². The van der Waals surface area contributed by atoms with E-state index in [9.17, 15) is 5.11 Å². The van der Waals surface area contributed by atoms with Crippen LogP contribution < -0.4 is 10.6 Å². The largest absolute Gasteiger partial charge is 0.384 e. The van der Waals surface area contributed by atoms with Gasteiger partial charge in [-0.2, -0.15) is 4.98 Å². The minimum Gasteiger partial charge on any atom is -0.384 e. The van der Waals surface area contributed by atoms with Crippen LogP contribution in [0.5, 0.6) is 0 Å². The first-order chi connectivity index (χ1) is 16.4. The summed E-state index contributed by atoms with van der Waals surface area (Å²) in [6.45, 7) is 8.12. The van der Waals surface area contributed by atoms with Crippen molar-refractivity contribution in [3.8, 4) is 0 Å². The summed E-state index contributed by atoms with van der Waals surface area (Å²) in [5.41, 5.74) is 0.764. The highest BCUT2D eigenvalue weighted by atomic mass is 32.1. The third kappa shape index (κ3) is 5.19. The van der Waals surface area contributed by atoms with Crippen LogP contribution in [0, 0.1) is 6.92 Å². The zero-order valence-corrected chi connectivity index (χ0v) is 21.3. The van der Waals surface area contributed by atoms with E-state index in [1.165, 1.54) is 45.2 Å². The molecule has 0 unspecified atom stereocenters. The number of aliphatic hydroxyl groups is 1. The summed E-state index contributed by atoms with van der Waals surface area (Å²) in [6.07, 6.45) is 8.91. The number of fused-ring (bicyclic) bond motifs is 1. The molecule has 1 aliphatic carbocycles. The number of hydrogen-bond acceptors (Lipinski definition) is 8. The topological polar surface area (TPSA) is 86.2 Å². The van der Waals surface area contributed by atoms with Gasteiger partial charge in [0.05, 0.1) is 11.1 Å². The lowest BCUT2D eigenvalue weighted by Gasteiger charge is -2.39. The minimum atomic E-state index is -1.00. The number of pyridine rings is 1. The van der Waals surface area contributed by atoms with Crippen molar-refractivity contribution in [2.75, 3.05) is 23.7 Å². The van der Waals surface area contributed by atoms with Crippen molar-refractivity contribution in [3.05, 3.63) is 34.8 Å². The van der Waals surface area contributed by atoms with Gasteiger partial charge >= 0.3 is 0 Å². The molecule has 7 nitrogen and oxygen atoms in total. The van der Waals surface area contributed by atoms with Crippen molar-refractivity contribution in [1.82, 2.24) is 19.9 Å². The van der Waals surface area contributed by atoms with Crippen LogP contribution in [0.1, 0.15) is 70.1 Å². The summed E-state index contributed by atoms with van der Waals surface area (Å²) in [7, 11) is 0. The van der Waals surface area contributed by atoms with E-state index < -0.39 is 5.60 Å². The Labute approximate surface area is 206 Å². The molecule has 2 fully saturated rings. The Morgan fingerprint density at radius 2 is 1.79 bits per heavy atom. The molecule has 34 heavy (non-hydrogen) atoms. The number of nitrogens with zero attached hydrogens (tertiary/aromatic N) is 4. The number of likely N-dealkylation sites (tertiary alicyclic amines) is 1. The predicted octanol–water partition coefficient (Wildman–Crippen LogP) is 5.57. The fourth-order valence-corrected chi connectivity index (χ4v) is 6.18. The van der Waals surface area contributed by atoms with Crippen LogP contribution in [0.15, 0.2) is 23.6 Å². The molecule has 2 aliphatic rings. The van der Waals surface area contributed by atoms with Crippen LogP contribution in [0.4, 0.5) is 17.6 Å². The maximum Gasteiger partial charge on any atom is 0.226 e. The normalized spacial score (nSPS) is 22.1. The zero-order chi connectivity index (χ0) is 23.7. The number of aromatic nitrogens is 3. The van der Waals surface area contributed by atoms with Crippen LogP contribution in [-0.2, 0) is 5.60 Å². The lowest BCUT2D eigenvalue weighted by Crippen LogP contribution is -2.43. The van der Waals surface area contributed by atoms with Crippen LogP contribution in [-0.4, -0.2) is 50.1 Å². The predicted molar refractivity (Wildman–Crippen MR) is 140 cm³/mol. The maximum absolute atomic E-state index is 10.4. The third-order valence-electron chi connectivity index (χ3n) is 7.18. The smallest absolute Gasteiger partial charge is 0.226 e. The maximum atomic E-state index is 10.4.